The molecule has 1 fully saturated rings. The molecule has 0 aliphatic carbocycles. The summed E-state index contributed by atoms with van der Waals surface area (Å²) in [6.45, 7) is 0.870. The molecule has 0 radical (unpaired) electrons. The van der Waals surface area contributed by atoms with Crippen molar-refractivity contribution in [2.24, 2.45) is 0 Å². The molecule has 1 saturated heterocycles. The van der Waals surface area contributed by atoms with Crippen LogP contribution in [0.4, 0.5) is 10.1 Å². The average Bonchev–Trinajstić information content (AvgIpc) is 2.95. The Morgan fingerprint density at radius 1 is 1.43 bits per heavy atom. The summed E-state index contributed by atoms with van der Waals surface area (Å²) in [6, 6.07) is 7.39. The van der Waals surface area contributed by atoms with Crippen LogP contribution in [-0.2, 0) is 4.74 Å². The molecule has 0 spiro atoms. The van der Waals surface area contributed by atoms with Crippen LogP contribution in [-0.4, -0.2) is 31.3 Å². The number of thiophene rings is 1. The second-order valence-electron chi connectivity index (χ2n) is 5.26. The summed E-state index contributed by atoms with van der Waals surface area (Å²) in [4.78, 5) is 12.8. The molecule has 23 heavy (non-hydrogen) atoms. The predicted molar refractivity (Wildman–Crippen MR) is 86.2 cm³/mol. The van der Waals surface area contributed by atoms with Crippen LogP contribution >= 0.6 is 11.3 Å². The number of nitrogens with two attached hydrogens (primary N) is 1. The summed E-state index contributed by atoms with van der Waals surface area (Å²) in [5.74, 6) is -0.182. The molecule has 3 N–H and O–H groups in total. The van der Waals surface area contributed by atoms with Gasteiger partial charge in [-0.1, -0.05) is 6.07 Å². The van der Waals surface area contributed by atoms with Crippen LogP contribution in [0.2, 0.25) is 0 Å². The highest BCUT2D eigenvalue weighted by molar-refractivity contribution is 7.12. The predicted octanol–water partition coefficient (Wildman–Crippen LogP) is 2.44. The number of hydrogen-bond donors (Lipinski definition) is 2. The van der Waals surface area contributed by atoms with Gasteiger partial charge in [-0.3, -0.25) is 4.79 Å². The van der Waals surface area contributed by atoms with Crippen molar-refractivity contribution in [3.63, 3.8) is 0 Å². The lowest BCUT2D eigenvalue weighted by Crippen LogP contribution is -2.51. The van der Waals surface area contributed by atoms with Gasteiger partial charge in [-0.05, 0) is 30.0 Å². The zero-order valence-corrected chi connectivity index (χ0v) is 13.1. The molecule has 3 rings (SSSR count). The van der Waals surface area contributed by atoms with Crippen molar-refractivity contribution in [1.82, 2.24) is 5.32 Å². The van der Waals surface area contributed by atoms with E-state index in [9.17, 15) is 9.18 Å². The van der Waals surface area contributed by atoms with E-state index in [0.717, 1.165) is 0 Å². The summed E-state index contributed by atoms with van der Waals surface area (Å²) in [5.41, 5.74) is 6.23. The zero-order valence-electron chi connectivity index (χ0n) is 12.3. The van der Waals surface area contributed by atoms with Gasteiger partial charge in [-0.15, -0.1) is 11.3 Å². The standard InChI is InChI=1S/C16H17FN2O3S/c17-10-2-1-3-11(8-10)22-14-9-21-6-4-13(14)19-16(20)15-12(18)5-7-23-15/h1-3,5,7-8,13-14H,4,6,9,18H2,(H,19,20)/t13-,14-/m1/s1. The Balaban J connectivity index is 1.69. The molecule has 1 amide bonds. The lowest BCUT2D eigenvalue weighted by atomic mass is 10.1. The minimum atomic E-state index is -0.379. The molecule has 0 unspecified atom stereocenters. The molecule has 1 aliphatic rings. The molecule has 1 aromatic heterocycles. The highest BCUT2D eigenvalue weighted by Crippen LogP contribution is 2.21. The quantitative estimate of drug-likeness (QED) is 0.899. The normalized spacial score (nSPS) is 20.9. The summed E-state index contributed by atoms with van der Waals surface area (Å²) in [5, 5.41) is 4.71. The van der Waals surface area contributed by atoms with Gasteiger partial charge in [-0.25, -0.2) is 4.39 Å². The minimum Gasteiger partial charge on any atom is -0.486 e. The van der Waals surface area contributed by atoms with Gasteiger partial charge < -0.3 is 20.5 Å². The fourth-order valence-corrected chi connectivity index (χ4v) is 3.17. The van der Waals surface area contributed by atoms with Crippen molar-refractivity contribution in [3.05, 3.63) is 46.4 Å². The summed E-state index contributed by atoms with van der Waals surface area (Å²) >= 11 is 1.29. The number of benzene rings is 1. The maximum atomic E-state index is 13.3. The first-order valence-corrected chi connectivity index (χ1v) is 8.15. The zero-order chi connectivity index (χ0) is 16.2. The molecule has 5 nitrogen and oxygen atoms in total. The van der Waals surface area contributed by atoms with E-state index in [4.69, 9.17) is 15.2 Å². The van der Waals surface area contributed by atoms with E-state index < -0.39 is 0 Å². The highest BCUT2D eigenvalue weighted by Gasteiger charge is 2.30. The van der Waals surface area contributed by atoms with Crippen LogP contribution in [0.1, 0.15) is 16.1 Å². The second-order valence-corrected chi connectivity index (χ2v) is 6.18. The maximum absolute atomic E-state index is 13.3. The third-order valence-corrected chi connectivity index (χ3v) is 4.53. The van der Waals surface area contributed by atoms with Gasteiger partial charge in [-0.2, -0.15) is 0 Å². The Hall–Kier alpha value is -2.12. The molecule has 1 aromatic carbocycles. The highest BCUT2D eigenvalue weighted by atomic mass is 32.1. The SMILES string of the molecule is Nc1ccsc1C(=O)N[C@@H]1CCOC[C@H]1Oc1cccc(F)c1. The third-order valence-electron chi connectivity index (χ3n) is 3.61. The first-order valence-electron chi connectivity index (χ1n) is 7.27. The lowest BCUT2D eigenvalue weighted by Gasteiger charge is -2.32. The minimum absolute atomic E-state index is 0.221. The molecule has 2 aromatic rings. The number of anilines is 1. The van der Waals surface area contributed by atoms with E-state index in [-0.39, 0.29) is 23.9 Å². The van der Waals surface area contributed by atoms with Gasteiger partial charge in [0, 0.05) is 12.7 Å². The van der Waals surface area contributed by atoms with Gasteiger partial charge in [0.25, 0.3) is 5.91 Å². The summed E-state index contributed by atoms with van der Waals surface area (Å²) in [7, 11) is 0. The van der Waals surface area contributed by atoms with Crippen LogP contribution < -0.4 is 15.8 Å². The number of halogens is 1. The Morgan fingerprint density at radius 2 is 2.30 bits per heavy atom. The Morgan fingerprint density at radius 3 is 3.04 bits per heavy atom. The third kappa shape index (κ3) is 3.80. The largest absolute Gasteiger partial charge is 0.486 e. The smallest absolute Gasteiger partial charge is 0.263 e. The fraction of sp³-hybridized carbons (Fsp3) is 0.312. The molecule has 2 heterocycles. The van der Waals surface area contributed by atoms with Gasteiger partial charge >= 0.3 is 0 Å². The number of hydrogen-bond acceptors (Lipinski definition) is 5. The molecule has 0 saturated carbocycles. The van der Waals surface area contributed by atoms with E-state index in [1.807, 2.05) is 0 Å². The van der Waals surface area contributed by atoms with Crippen molar-refractivity contribution in [3.8, 4) is 5.75 Å². The molecular weight excluding hydrogens is 319 g/mol. The van der Waals surface area contributed by atoms with Gasteiger partial charge in [0.05, 0.1) is 18.3 Å². The molecule has 7 heteroatoms. The first-order chi connectivity index (χ1) is 11.1. The summed E-state index contributed by atoms with van der Waals surface area (Å²) in [6.07, 6.45) is 0.243. The fourth-order valence-electron chi connectivity index (χ4n) is 2.45. The van der Waals surface area contributed by atoms with Gasteiger partial charge in [0.1, 0.15) is 22.5 Å². The van der Waals surface area contributed by atoms with Crippen LogP contribution in [0.15, 0.2) is 35.7 Å². The van der Waals surface area contributed by atoms with Crippen molar-refractivity contribution < 1.29 is 18.7 Å². The molecular formula is C16H17FN2O3S. The number of carbonyl (C=O) groups excluding carboxylic acids is 1. The van der Waals surface area contributed by atoms with Gasteiger partial charge in [0.2, 0.25) is 0 Å². The van der Waals surface area contributed by atoms with E-state index in [2.05, 4.69) is 5.32 Å². The molecule has 122 valence electrons. The van der Waals surface area contributed by atoms with E-state index in [0.29, 0.717) is 35.9 Å². The number of nitrogens with one attached hydrogen (secondary N) is 1. The first kappa shape index (κ1) is 15.8. The molecule has 1 aliphatic heterocycles. The van der Waals surface area contributed by atoms with Crippen LogP contribution in [0, 0.1) is 5.82 Å². The van der Waals surface area contributed by atoms with E-state index in [1.165, 1.54) is 23.5 Å². The monoisotopic (exact) mass is 336 g/mol. The second kappa shape index (κ2) is 6.97. The molecule has 2 atom stereocenters. The maximum Gasteiger partial charge on any atom is 0.263 e. The Labute approximate surface area is 137 Å². The number of ether oxygens (including phenoxy) is 2. The van der Waals surface area contributed by atoms with Crippen LogP contribution in [0.5, 0.6) is 5.75 Å². The summed E-state index contributed by atoms with van der Waals surface area (Å²) < 4.78 is 24.5. The Kier molecular flexibility index (Phi) is 4.78. The van der Waals surface area contributed by atoms with Crippen molar-refractivity contribution >= 4 is 22.9 Å². The topological polar surface area (TPSA) is 73.6 Å². The number of nitrogen functional groups attached to an aromatic ring is 1. The molecule has 0 bridgehead atoms. The van der Waals surface area contributed by atoms with Crippen molar-refractivity contribution in [2.75, 3.05) is 18.9 Å². The number of rotatable bonds is 4. The van der Waals surface area contributed by atoms with Crippen LogP contribution in [0.25, 0.3) is 0 Å². The van der Waals surface area contributed by atoms with E-state index >= 15 is 0 Å². The lowest BCUT2D eigenvalue weighted by molar-refractivity contribution is -0.0135. The van der Waals surface area contributed by atoms with Gasteiger partial charge in [0.15, 0.2) is 0 Å². The van der Waals surface area contributed by atoms with E-state index in [1.54, 1.807) is 23.6 Å². The van der Waals surface area contributed by atoms with Crippen molar-refractivity contribution in [2.45, 2.75) is 18.6 Å². The average molecular weight is 336 g/mol. The number of amides is 1. The Bertz CT molecular complexity index is 691. The number of carbonyl (C=O) groups is 1. The van der Waals surface area contributed by atoms with Crippen LogP contribution in [0.3, 0.4) is 0 Å². The van der Waals surface area contributed by atoms with Crippen molar-refractivity contribution in [1.29, 1.82) is 0 Å².